The van der Waals surface area contributed by atoms with Gasteiger partial charge in [0.05, 0.1) is 13.2 Å². The van der Waals surface area contributed by atoms with Crippen molar-refractivity contribution in [2.24, 2.45) is 11.3 Å². The summed E-state index contributed by atoms with van der Waals surface area (Å²) in [5.41, 5.74) is 2.68. The zero-order chi connectivity index (χ0) is 26.7. The number of aromatic nitrogens is 2. The van der Waals surface area contributed by atoms with Crippen molar-refractivity contribution in [3.8, 4) is 11.4 Å². The van der Waals surface area contributed by atoms with E-state index in [4.69, 9.17) is 21.1 Å². The number of hydrogen-bond acceptors (Lipinski definition) is 5. The lowest BCUT2D eigenvalue weighted by atomic mass is 9.78. The molecule has 1 atom stereocenters. The van der Waals surface area contributed by atoms with Gasteiger partial charge < -0.3 is 14.0 Å². The molecular formula is C29H32ClIN2O4. The van der Waals surface area contributed by atoms with Crippen molar-refractivity contribution in [2.75, 3.05) is 13.2 Å². The molecule has 196 valence electrons. The summed E-state index contributed by atoms with van der Waals surface area (Å²) >= 11 is 8.71. The Hall–Kier alpha value is -2.39. The van der Waals surface area contributed by atoms with E-state index in [0.29, 0.717) is 23.4 Å². The van der Waals surface area contributed by atoms with Crippen molar-refractivity contribution in [3.63, 3.8) is 0 Å². The predicted octanol–water partition coefficient (Wildman–Crippen LogP) is 7.02. The van der Waals surface area contributed by atoms with Crippen molar-refractivity contribution in [1.82, 2.24) is 9.55 Å². The number of hydrogen-bond donors (Lipinski definition) is 0. The lowest BCUT2D eigenvalue weighted by molar-refractivity contribution is 0.0524. The van der Waals surface area contributed by atoms with Gasteiger partial charge in [0.25, 0.3) is 0 Å². The fraction of sp³-hybridized carbons (Fsp3) is 0.414. The van der Waals surface area contributed by atoms with Crippen LogP contribution in [-0.4, -0.2) is 28.7 Å². The first-order chi connectivity index (χ1) is 17.6. The summed E-state index contributed by atoms with van der Waals surface area (Å²) in [5, 5.41) is 0.386. The van der Waals surface area contributed by atoms with Crippen molar-refractivity contribution in [3.05, 3.63) is 84.6 Å². The molecule has 1 aliphatic carbocycles. The Morgan fingerprint density at radius 3 is 2.68 bits per heavy atom. The fourth-order valence-corrected chi connectivity index (χ4v) is 5.34. The molecule has 8 heteroatoms. The standard InChI is InChI=1S/C29H32ClIN2O4/c1-5-36-28(35)23-16-33(12-11-24(23)34)20-8-6-7-19(13-20)22(15-29(2,3)4)21-14-25(26(30)32-27(21)31)37-17-18-9-10-18/h6-8,11-14,16,18,22H,5,9-10,15,17H2,1-4H3/t22-/m0/s1. The van der Waals surface area contributed by atoms with Gasteiger partial charge in [0.15, 0.2) is 16.3 Å². The third kappa shape index (κ3) is 7.13. The third-order valence-electron chi connectivity index (χ3n) is 6.27. The van der Waals surface area contributed by atoms with E-state index >= 15 is 0 Å². The Morgan fingerprint density at radius 2 is 2.00 bits per heavy atom. The van der Waals surface area contributed by atoms with Crippen molar-refractivity contribution in [2.45, 2.75) is 52.9 Å². The summed E-state index contributed by atoms with van der Waals surface area (Å²) in [4.78, 5) is 29.2. The Bertz CT molecular complexity index is 1340. The van der Waals surface area contributed by atoms with Crippen molar-refractivity contribution in [1.29, 1.82) is 0 Å². The van der Waals surface area contributed by atoms with Gasteiger partial charge in [0.2, 0.25) is 0 Å². The monoisotopic (exact) mass is 634 g/mol. The Labute approximate surface area is 236 Å². The number of carbonyl (C=O) groups is 1. The summed E-state index contributed by atoms with van der Waals surface area (Å²) in [7, 11) is 0. The zero-order valence-corrected chi connectivity index (χ0v) is 24.5. The maximum Gasteiger partial charge on any atom is 0.343 e. The number of halogens is 2. The molecular weight excluding hydrogens is 603 g/mol. The molecule has 0 unspecified atom stereocenters. The van der Waals surface area contributed by atoms with Crippen LogP contribution in [-0.2, 0) is 4.74 Å². The lowest BCUT2D eigenvalue weighted by Crippen LogP contribution is -2.19. The molecule has 3 aromatic rings. The molecule has 2 aromatic heterocycles. The van der Waals surface area contributed by atoms with Gasteiger partial charge in [-0.3, -0.25) is 4.79 Å². The van der Waals surface area contributed by atoms with Crippen molar-refractivity contribution >= 4 is 40.2 Å². The van der Waals surface area contributed by atoms with Crippen LogP contribution in [0.3, 0.4) is 0 Å². The fourth-order valence-electron chi connectivity index (χ4n) is 4.23. The van der Waals surface area contributed by atoms with E-state index < -0.39 is 5.97 Å². The predicted molar refractivity (Wildman–Crippen MR) is 154 cm³/mol. The minimum atomic E-state index is -0.621. The minimum absolute atomic E-state index is 0.00916. The molecule has 4 rings (SSSR count). The number of esters is 1. The average Bonchev–Trinajstić information content (AvgIpc) is 3.67. The van der Waals surface area contributed by atoms with Crippen LogP contribution in [0, 0.1) is 15.0 Å². The second kappa shape index (κ2) is 11.6. The third-order valence-corrected chi connectivity index (χ3v) is 7.41. The SMILES string of the molecule is CCOC(=O)c1cn(-c2cccc([C@H](CC(C)(C)C)c3cc(OCC4CC4)c(Cl)nc3I)c2)ccc1=O. The van der Waals surface area contributed by atoms with E-state index in [2.05, 4.69) is 60.5 Å². The molecule has 37 heavy (non-hydrogen) atoms. The van der Waals surface area contributed by atoms with E-state index in [9.17, 15) is 9.59 Å². The minimum Gasteiger partial charge on any atom is -0.490 e. The normalized spacial score (nSPS) is 14.3. The number of rotatable bonds is 9. The zero-order valence-electron chi connectivity index (χ0n) is 21.6. The summed E-state index contributed by atoms with van der Waals surface area (Å²) < 4.78 is 13.7. The highest BCUT2D eigenvalue weighted by Gasteiger charge is 2.27. The number of carbonyl (C=O) groups excluding carboxylic acids is 1. The van der Waals surface area contributed by atoms with Crippen LogP contribution >= 0.6 is 34.2 Å². The maximum absolute atomic E-state index is 12.3. The molecule has 6 nitrogen and oxygen atoms in total. The number of pyridine rings is 2. The van der Waals surface area contributed by atoms with Crippen LogP contribution < -0.4 is 10.2 Å². The van der Waals surface area contributed by atoms with Gasteiger partial charge in [-0.25, -0.2) is 9.78 Å². The van der Waals surface area contributed by atoms with E-state index in [0.717, 1.165) is 26.9 Å². The highest BCUT2D eigenvalue weighted by Crippen LogP contribution is 2.41. The second-order valence-electron chi connectivity index (χ2n) is 10.7. The maximum atomic E-state index is 12.3. The molecule has 1 saturated carbocycles. The first-order valence-corrected chi connectivity index (χ1v) is 14.0. The van der Waals surface area contributed by atoms with Gasteiger partial charge in [-0.1, -0.05) is 44.5 Å². The molecule has 0 saturated heterocycles. The average molecular weight is 635 g/mol. The smallest absolute Gasteiger partial charge is 0.343 e. The molecule has 0 aliphatic heterocycles. The molecule has 1 fully saturated rings. The van der Waals surface area contributed by atoms with Crippen LogP contribution in [0.25, 0.3) is 5.69 Å². The van der Waals surface area contributed by atoms with Gasteiger partial charge >= 0.3 is 5.97 Å². The molecule has 1 aliphatic rings. The summed E-state index contributed by atoms with van der Waals surface area (Å²) in [6.07, 6.45) is 6.47. The molecule has 1 aromatic carbocycles. The van der Waals surface area contributed by atoms with Gasteiger partial charge in [-0.05, 0) is 89.4 Å². The number of ether oxygens (including phenoxy) is 2. The van der Waals surface area contributed by atoms with Crippen LogP contribution in [0.2, 0.25) is 5.15 Å². The molecule has 0 amide bonds. The quantitative estimate of drug-likeness (QED) is 0.144. The summed E-state index contributed by atoms with van der Waals surface area (Å²) in [5.74, 6) is 0.643. The van der Waals surface area contributed by atoms with Gasteiger partial charge in [0, 0.05) is 30.1 Å². The van der Waals surface area contributed by atoms with Gasteiger partial charge in [0.1, 0.15) is 9.26 Å². The summed E-state index contributed by atoms with van der Waals surface area (Å²) in [6, 6.07) is 11.6. The van der Waals surface area contributed by atoms with Crippen LogP contribution in [0.15, 0.2) is 53.6 Å². The molecule has 0 bridgehead atoms. The van der Waals surface area contributed by atoms with E-state index in [1.54, 1.807) is 17.7 Å². The molecule has 2 heterocycles. The highest BCUT2D eigenvalue weighted by atomic mass is 127. The first-order valence-electron chi connectivity index (χ1n) is 12.5. The van der Waals surface area contributed by atoms with Gasteiger partial charge in [-0.2, -0.15) is 0 Å². The van der Waals surface area contributed by atoms with Crippen LogP contribution in [0.1, 0.15) is 74.4 Å². The van der Waals surface area contributed by atoms with E-state index in [1.807, 2.05) is 18.2 Å². The number of nitrogens with zero attached hydrogens (tertiary/aromatic N) is 2. The topological polar surface area (TPSA) is 70.4 Å². The van der Waals surface area contributed by atoms with Crippen LogP contribution in [0.5, 0.6) is 5.75 Å². The first kappa shape index (κ1) is 27.6. The Balaban J connectivity index is 1.75. The molecule has 0 radical (unpaired) electrons. The summed E-state index contributed by atoms with van der Waals surface area (Å²) in [6.45, 7) is 9.24. The Morgan fingerprint density at radius 1 is 1.24 bits per heavy atom. The molecule has 0 N–H and O–H groups in total. The van der Waals surface area contributed by atoms with Crippen molar-refractivity contribution < 1.29 is 14.3 Å². The van der Waals surface area contributed by atoms with E-state index in [-0.39, 0.29) is 28.9 Å². The van der Waals surface area contributed by atoms with Crippen LogP contribution in [0.4, 0.5) is 0 Å². The lowest BCUT2D eigenvalue weighted by Gasteiger charge is -2.28. The number of benzene rings is 1. The Kier molecular flexibility index (Phi) is 8.63. The largest absolute Gasteiger partial charge is 0.490 e. The van der Waals surface area contributed by atoms with E-state index in [1.165, 1.54) is 25.1 Å². The highest BCUT2D eigenvalue weighted by molar-refractivity contribution is 14.1. The molecule has 0 spiro atoms. The second-order valence-corrected chi connectivity index (χ2v) is 12.1. The van der Waals surface area contributed by atoms with Gasteiger partial charge in [-0.15, -0.1) is 0 Å².